The van der Waals surface area contributed by atoms with Gasteiger partial charge < -0.3 is 4.90 Å². The van der Waals surface area contributed by atoms with Crippen molar-refractivity contribution < 1.29 is 0 Å². The van der Waals surface area contributed by atoms with Gasteiger partial charge in [-0.25, -0.2) is 0 Å². The fourth-order valence-electron chi connectivity index (χ4n) is 1.09. The Balaban J connectivity index is 0.000000671. The predicted molar refractivity (Wildman–Crippen MR) is 63.9 cm³/mol. The van der Waals surface area contributed by atoms with Gasteiger partial charge in [-0.1, -0.05) is 33.1 Å². The zero-order valence-corrected chi connectivity index (χ0v) is 9.66. The maximum absolute atomic E-state index is 3.77. The summed E-state index contributed by atoms with van der Waals surface area (Å²) in [4.78, 5) is 3.45. The van der Waals surface area contributed by atoms with Crippen LogP contribution in [-0.4, -0.2) is 24.2 Å². The molecule has 0 atom stereocenters. The van der Waals surface area contributed by atoms with Crippen molar-refractivity contribution in [2.45, 2.75) is 13.8 Å². The molecular weight excluding hydrogens is 178 g/mol. The summed E-state index contributed by atoms with van der Waals surface area (Å²) in [5, 5.41) is 0. The van der Waals surface area contributed by atoms with Gasteiger partial charge in [0.15, 0.2) is 0 Å². The summed E-state index contributed by atoms with van der Waals surface area (Å²) in [6.07, 6.45) is 3.79. The zero-order chi connectivity index (χ0) is 10.3. The summed E-state index contributed by atoms with van der Waals surface area (Å²) in [5.74, 6) is 1.15. The SMILES string of the molecule is C=CC1=C(C=C)N(C)CCS1.CC. The Labute approximate surface area is 86.2 Å². The van der Waals surface area contributed by atoms with Crippen LogP contribution in [0, 0.1) is 0 Å². The van der Waals surface area contributed by atoms with Crippen molar-refractivity contribution in [1.82, 2.24) is 4.90 Å². The van der Waals surface area contributed by atoms with E-state index in [1.54, 1.807) is 0 Å². The number of likely N-dealkylation sites (N-methyl/N-ethyl adjacent to an activating group) is 1. The van der Waals surface area contributed by atoms with Crippen LogP contribution in [-0.2, 0) is 0 Å². The highest BCUT2D eigenvalue weighted by molar-refractivity contribution is 8.03. The molecule has 0 aromatic carbocycles. The monoisotopic (exact) mass is 197 g/mol. The molecule has 0 spiro atoms. The molecule has 1 aliphatic heterocycles. The van der Waals surface area contributed by atoms with Gasteiger partial charge in [0.25, 0.3) is 0 Å². The van der Waals surface area contributed by atoms with E-state index in [1.165, 1.54) is 10.6 Å². The molecule has 0 amide bonds. The first-order valence-electron chi connectivity index (χ1n) is 4.62. The van der Waals surface area contributed by atoms with Gasteiger partial charge in [0.1, 0.15) is 0 Å². The Bertz CT molecular complexity index is 206. The van der Waals surface area contributed by atoms with Crippen molar-refractivity contribution in [2.75, 3.05) is 19.3 Å². The average Bonchev–Trinajstić information content (AvgIpc) is 2.20. The van der Waals surface area contributed by atoms with E-state index >= 15 is 0 Å². The van der Waals surface area contributed by atoms with Crippen LogP contribution in [0.5, 0.6) is 0 Å². The van der Waals surface area contributed by atoms with Gasteiger partial charge in [0, 0.05) is 29.9 Å². The Morgan fingerprint density at radius 3 is 2.31 bits per heavy atom. The van der Waals surface area contributed by atoms with Crippen LogP contribution < -0.4 is 0 Å². The largest absolute Gasteiger partial charge is 0.373 e. The number of allylic oxidation sites excluding steroid dienone is 2. The smallest absolute Gasteiger partial charge is 0.0495 e. The van der Waals surface area contributed by atoms with Crippen molar-refractivity contribution in [2.24, 2.45) is 0 Å². The second-order valence-corrected chi connectivity index (χ2v) is 3.56. The van der Waals surface area contributed by atoms with E-state index in [9.17, 15) is 0 Å². The molecule has 1 nitrogen and oxygen atoms in total. The van der Waals surface area contributed by atoms with E-state index < -0.39 is 0 Å². The summed E-state index contributed by atoms with van der Waals surface area (Å²) in [7, 11) is 2.08. The molecule has 1 heterocycles. The topological polar surface area (TPSA) is 3.24 Å². The molecule has 0 saturated carbocycles. The van der Waals surface area contributed by atoms with Crippen molar-refractivity contribution >= 4 is 11.8 Å². The quantitative estimate of drug-likeness (QED) is 0.668. The normalized spacial score (nSPS) is 16.1. The Morgan fingerprint density at radius 2 is 1.92 bits per heavy atom. The average molecular weight is 197 g/mol. The number of rotatable bonds is 2. The maximum Gasteiger partial charge on any atom is 0.0495 e. The number of nitrogens with zero attached hydrogens (tertiary/aromatic N) is 1. The molecule has 2 heteroatoms. The van der Waals surface area contributed by atoms with E-state index in [1.807, 2.05) is 37.8 Å². The summed E-state index contributed by atoms with van der Waals surface area (Å²) < 4.78 is 0. The number of thioether (sulfide) groups is 1. The van der Waals surface area contributed by atoms with E-state index in [0.717, 1.165) is 12.3 Å². The first kappa shape index (κ1) is 12.4. The Morgan fingerprint density at radius 1 is 1.31 bits per heavy atom. The molecular formula is C11H19NS. The highest BCUT2D eigenvalue weighted by Gasteiger charge is 2.11. The van der Waals surface area contributed by atoms with Crippen LogP contribution in [0.2, 0.25) is 0 Å². The second-order valence-electron chi connectivity index (χ2n) is 2.43. The zero-order valence-electron chi connectivity index (χ0n) is 8.84. The lowest BCUT2D eigenvalue weighted by Gasteiger charge is -2.26. The van der Waals surface area contributed by atoms with Crippen LogP contribution in [0.4, 0.5) is 0 Å². The molecule has 13 heavy (non-hydrogen) atoms. The molecule has 0 N–H and O–H groups in total. The number of hydrogen-bond donors (Lipinski definition) is 0. The molecule has 1 aliphatic rings. The fourth-order valence-corrected chi connectivity index (χ4v) is 2.18. The number of hydrogen-bond acceptors (Lipinski definition) is 2. The Kier molecular flexibility index (Phi) is 6.51. The van der Waals surface area contributed by atoms with Gasteiger partial charge in [0.2, 0.25) is 0 Å². The molecule has 74 valence electrons. The van der Waals surface area contributed by atoms with Crippen LogP contribution in [0.3, 0.4) is 0 Å². The van der Waals surface area contributed by atoms with Gasteiger partial charge in [-0.15, -0.1) is 11.8 Å². The summed E-state index contributed by atoms with van der Waals surface area (Å²) in [6.45, 7) is 12.6. The molecule has 0 unspecified atom stereocenters. The fraction of sp³-hybridized carbons (Fsp3) is 0.455. The molecule has 0 aromatic heterocycles. The van der Waals surface area contributed by atoms with Crippen LogP contribution in [0.25, 0.3) is 0 Å². The lowest BCUT2D eigenvalue weighted by Crippen LogP contribution is -2.23. The maximum atomic E-state index is 3.77. The molecule has 0 aromatic rings. The van der Waals surface area contributed by atoms with E-state index in [0.29, 0.717) is 0 Å². The first-order valence-corrected chi connectivity index (χ1v) is 5.61. The van der Waals surface area contributed by atoms with E-state index in [-0.39, 0.29) is 0 Å². The highest BCUT2D eigenvalue weighted by atomic mass is 32.2. The third-order valence-corrected chi connectivity index (χ3v) is 2.80. The van der Waals surface area contributed by atoms with E-state index in [2.05, 4.69) is 25.1 Å². The van der Waals surface area contributed by atoms with E-state index in [4.69, 9.17) is 0 Å². The predicted octanol–water partition coefficient (Wildman–Crippen LogP) is 3.27. The van der Waals surface area contributed by atoms with Crippen LogP contribution in [0.15, 0.2) is 35.9 Å². The van der Waals surface area contributed by atoms with Gasteiger partial charge in [-0.05, 0) is 6.08 Å². The summed E-state index contributed by atoms with van der Waals surface area (Å²) in [5.41, 5.74) is 1.20. The van der Waals surface area contributed by atoms with Crippen LogP contribution in [0.1, 0.15) is 13.8 Å². The van der Waals surface area contributed by atoms with Crippen molar-refractivity contribution in [3.63, 3.8) is 0 Å². The van der Waals surface area contributed by atoms with Gasteiger partial charge in [-0.3, -0.25) is 0 Å². The molecule has 0 fully saturated rings. The molecule has 0 saturated heterocycles. The summed E-state index contributed by atoms with van der Waals surface area (Å²) >= 11 is 1.85. The second kappa shape index (κ2) is 6.84. The highest BCUT2D eigenvalue weighted by Crippen LogP contribution is 2.27. The molecule has 0 radical (unpaired) electrons. The lowest BCUT2D eigenvalue weighted by molar-refractivity contribution is 0.455. The Hall–Kier alpha value is -0.630. The van der Waals surface area contributed by atoms with Gasteiger partial charge in [-0.2, -0.15) is 0 Å². The minimum Gasteiger partial charge on any atom is -0.373 e. The van der Waals surface area contributed by atoms with Gasteiger partial charge in [0.05, 0.1) is 0 Å². The van der Waals surface area contributed by atoms with Crippen molar-refractivity contribution in [1.29, 1.82) is 0 Å². The molecule has 1 rings (SSSR count). The van der Waals surface area contributed by atoms with Crippen LogP contribution >= 0.6 is 11.8 Å². The molecule has 0 aliphatic carbocycles. The molecule has 0 bridgehead atoms. The minimum absolute atomic E-state index is 1.10. The third kappa shape index (κ3) is 3.31. The minimum atomic E-state index is 1.10. The van der Waals surface area contributed by atoms with Gasteiger partial charge >= 0.3 is 0 Å². The third-order valence-electron chi connectivity index (χ3n) is 1.73. The lowest BCUT2D eigenvalue weighted by atomic mass is 10.3. The van der Waals surface area contributed by atoms with Crippen molar-refractivity contribution in [3.8, 4) is 0 Å². The first-order chi connectivity index (χ1) is 6.29. The van der Waals surface area contributed by atoms with Crippen molar-refractivity contribution in [3.05, 3.63) is 35.9 Å². The summed E-state index contributed by atoms with van der Waals surface area (Å²) in [6, 6.07) is 0. The standard InChI is InChI=1S/C9H13NS.C2H6/c1-4-8-9(5-2)11-7-6-10(8)3;1-2/h4-5H,1-2,6-7H2,3H3;1-2H3.